The fourth-order valence-corrected chi connectivity index (χ4v) is 4.42. The van der Waals surface area contributed by atoms with Gasteiger partial charge in [0, 0.05) is 37.9 Å². The van der Waals surface area contributed by atoms with Crippen molar-refractivity contribution in [1.29, 1.82) is 0 Å². The van der Waals surface area contributed by atoms with Crippen molar-refractivity contribution in [3.63, 3.8) is 0 Å². The topological polar surface area (TPSA) is 80.8 Å². The van der Waals surface area contributed by atoms with E-state index in [-0.39, 0.29) is 6.04 Å². The molecular weight excluding hydrogens is 330 g/mol. The number of sulfonamides is 1. The first-order valence-electron chi connectivity index (χ1n) is 8.16. The van der Waals surface area contributed by atoms with Crippen molar-refractivity contribution in [2.45, 2.75) is 25.4 Å². The molecular formula is C16H25N3O4S. The van der Waals surface area contributed by atoms with Gasteiger partial charge in [0.05, 0.1) is 20.5 Å². The molecule has 0 radical (unpaired) electrons. The minimum Gasteiger partial charge on any atom is -0.493 e. The smallest absolute Gasteiger partial charge is 0.209 e. The quantitative estimate of drug-likeness (QED) is 0.781. The van der Waals surface area contributed by atoms with Crippen LogP contribution in [-0.4, -0.2) is 57.9 Å². The highest BCUT2D eigenvalue weighted by Gasteiger charge is 2.43. The van der Waals surface area contributed by atoms with Gasteiger partial charge in [0.15, 0.2) is 11.5 Å². The summed E-state index contributed by atoms with van der Waals surface area (Å²) in [7, 11) is 0.00607. The van der Waals surface area contributed by atoms with Gasteiger partial charge >= 0.3 is 0 Å². The summed E-state index contributed by atoms with van der Waals surface area (Å²) in [5, 5.41) is 0. The molecule has 0 spiro atoms. The highest BCUT2D eigenvalue weighted by atomic mass is 32.2. The van der Waals surface area contributed by atoms with E-state index in [4.69, 9.17) is 9.47 Å². The van der Waals surface area contributed by atoms with E-state index in [2.05, 4.69) is 14.6 Å². The number of likely N-dealkylation sites (tertiary alicyclic amines) is 1. The predicted octanol–water partition coefficient (Wildman–Crippen LogP) is 0.858. The molecule has 24 heavy (non-hydrogen) atoms. The average Bonchev–Trinajstić information content (AvgIpc) is 3.29. The van der Waals surface area contributed by atoms with Crippen molar-refractivity contribution in [2.24, 2.45) is 11.8 Å². The Labute approximate surface area is 143 Å². The van der Waals surface area contributed by atoms with Crippen molar-refractivity contribution in [2.75, 3.05) is 33.6 Å². The molecule has 0 bridgehead atoms. The molecule has 0 unspecified atom stereocenters. The second-order valence-corrected chi connectivity index (χ2v) is 8.47. The molecule has 1 saturated heterocycles. The number of rotatable bonds is 7. The number of nitrogens with zero attached hydrogens (tertiary/aromatic N) is 2. The van der Waals surface area contributed by atoms with Gasteiger partial charge in [0.25, 0.3) is 0 Å². The zero-order valence-corrected chi connectivity index (χ0v) is 15.2. The van der Waals surface area contributed by atoms with Crippen LogP contribution in [0.4, 0.5) is 0 Å². The van der Waals surface area contributed by atoms with Gasteiger partial charge in [-0.1, -0.05) is 0 Å². The minimum atomic E-state index is -3.20. The Balaban J connectivity index is 1.74. The van der Waals surface area contributed by atoms with Crippen molar-refractivity contribution >= 4 is 10.0 Å². The normalized spacial score (nSPS) is 25.0. The summed E-state index contributed by atoms with van der Waals surface area (Å²) in [5.74, 6) is 2.31. The van der Waals surface area contributed by atoms with E-state index in [0.29, 0.717) is 36.4 Å². The van der Waals surface area contributed by atoms with Crippen molar-refractivity contribution in [1.82, 2.24) is 14.6 Å². The van der Waals surface area contributed by atoms with Gasteiger partial charge in [-0.25, -0.2) is 13.1 Å². The number of ether oxygens (including phenoxy) is 2. The lowest BCUT2D eigenvalue weighted by Crippen LogP contribution is -2.40. The summed E-state index contributed by atoms with van der Waals surface area (Å²) in [6, 6.07) is 1.75. The maximum atomic E-state index is 11.6. The predicted molar refractivity (Wildman–Crippen MR) is 90.6 cm³/mol. The monoisotopic (exact) mass is 355 g/mol. The third-order valence-electron chi connectivity index (χ3n) is 4.77. The van der Waals surface area contributed by atoms with Crippen LogP contribution in [0.2, 0.25) is 0 Å². The van der Waals surface area contributed by atoms with Crippen LogP contribution in [0, 0.1) is 11.8 Å². The van der Waals surface area contributed by atoms with Gasteiger partial charge in [-0.05, 0) is 24.7 Å². The van der Waals surface area contributed by atoms with Gasteiger partial charge in [0.2, 0.25) is 10.0 Å². The molecule has 8 heteroatoms. The zero-order chi connectivity index (χ0) is 17.3. The van der Waals surface area contributed by atoms with Crippen LogP contribution in [0.3, 0.4) is 0 Å². The van der Waals surface area contributed by atoms with Crippen molar-refractivity contribution in [3.05, 3.63) is 18.0 Å². The average molecular weight is 355 g/mol. The Kier molecular flexibility index (Phi) is 4.98. The van der Waals surface area contributed by atoms with Gasteiger partial charge in [-0.15, -0.1) is 0 Å². The number of pyridine rings is 1. The molecule has 2 heterocycles. The lowest BCUT2D eigenvalue weighted by molar-refractivity contribution is 0.292. The number of hydrogen-bond acceptors (Lipinski definition) is 6. The van der Waals surface area contributed by atoms with Gasteiger partial charge in [-0.2, -0.15) is 0 Å². The van der Waals surface area contributed by atoms with E-state index in [9.17, 15) is 8.42 Å². The standard InChI is InChI=1S/C16H25N3O4S/c1-22-15-6-7-17-14(16(15)23-2)10-19-8-12(11-4-5-11)13(9-19)18-24(3,20)21/h6-7,11-13,18H,4-5,8-10H2,1-3H3/t12-,13+/m1/s1. The molecule has 1 N–H and O–H groups in total. The minimum absolute atomic E-state index is 0.0240. The van der Waals surface area contributed by atoms with E-state index in [1.54, 1.807) is 26.5 Å². The van der Waals surface area contributed by atoms with E-state index < -0.39 is 10.0 Å². The maximum Gasteiger partial charge on any atom is 0.209 e. The largest absolute Gasteiger partial charge is 0.493 e. The van der Waals surface area contributed by atoms with Crippen LogP contribution in [-0.2, 0) is 16.6 Å². The fourth-order valence-electron chi connectivity index (χ4n) is 3.62. The first kappa shape index (κ1) is 17.4. The Morgan fingerprint density at radius 2 is 2.04 bits per heavy atom. The Hall–Kier alpha value is -1.38. The van der Waals surface area contributed by atoms with E-state index in [1.165, 1.54) is 19.1 Å². The number of nitrogens with one attached hydrogen (secondary N) is 1. The summed E-state index contributed by atoms with van der Waals surface area (Å²) >= 11 is 0. The molecule has 134 valence electrons. The van der Waals surface area contributed by atoms with E-state index >= 15 is 0 Å². The SMILES string of the molecule is COc1ccnc(CN2C[C@H](NS(C)(=O)=O)[C@@H](C3CC3)C2)c1OC. The Morgan fingerprint density at radius 3 is 2.62 bits per heavy atom. The summed E-state index contributed by atoms with van der Waals surface area (Å²) in [6.07, 6.45) is 5.33. The Bertz CT molecular complexity index is 691. The molecule has 1 aromatic heterocycles. The molecule has 2 aliphatic rings. The lowest BCUT2D eigenvalue weighted by atomic mass is 9.99. The number of methoxy groups -OCH3 is 2. The number of aromatic nitrogens is 1. The second-order valence-electron chi connectivity index (χ2n) is 6.69. The summed E-state index contributed by atoms with van der Waals surface area (Å²) < 4.78 is 36.9. The summed E-state index contributed by atoms with van der Waals surface area (Å²) in [4.78, 5) is 6.67. The van der Waals surface area contributed by atoms with E-state index in [0.717, 1.165) is 12.2 Å². The first-order chi connectivity index (χ1) is 11.4. The third-order valence-corrected chi connectivity index (χ3v) is 5.50. The molecule has 2 fully saturated rings. The van der Waals surface area contributed by atoms with Gasteiger partial charge in [-0.3, -0.25) is 9.88 Å². The molecule has 1 aromatic rings. The first-order valence-corrected chi connectivity index (χ1v) is 10.1. The van der Waals surface area contributed by atoms with Crippen LogP contribution >= 0.6 is 0 Å². The van der Waals surface area contributed by atoms with Gasteiger partial charge in [0.1, 0.15) is 5.69 Å². The lowest BCUT2D eigenvalue weighted by Gasteiger charge is -2.18. The maximum absolute atomic E-state index is 11.6. The fraction of sp³-hybridized carbons (Fsp3) is 0.688. The van der Waals surface area contributed by atoms with E-state index in [1.807, 2.05) is 0 Å². The highest BCUT2D eigenvalue weighted by molar-refractivity contribution is 7.88. The molecule has 3 rings (SSSR count). The Morgan fingerprint density at radius 1 is 1.29 bits per heavy atom. The molecule has 1 saturated carbocycles. The molecule has 1 aliphatic carbocycles. The van der Waals surface area contributed by atoms with Crippen molar-refractivity contribution < 1.29 is 17.9 Å². The molecule has 0 aromatic carbocycles. The second kappa shape index (κ2) is 6.85. The van der Waals surface area contributed by atoms with Crippen LogP contribution in [0.1, 0.15) is 18.5 Å². The van der Waals surface area contributed by atoms with Crippen LogP contribution in [0.5, 0.6) is 11.5 Å². The number of hydrogen-bond donors (Lipinski definition) is 1. The van der Waals surface area contributed by atoms with Crippen LogP contribution in [0.25, 0.3) is 0 Å². The third kappa shape index (κ3) is 3.99. The molecule has 7 nitrogen and oxygen atoms in total. The molecule has 1 aliphatic heterocycles. The van der Waals surface area contributed by atoms with Gasteiger partial charge < -0.3 is 9.47 Å². The summed E-state index contributed by atoms with van der Waals surface area (Å²) in [5.41, 5.74) is 0.811. The zero-order valence-electron chi connectivity index (χ0n) is 14.4. The summed E-state index contributed by atoms with van der Waals surface area (Å²) in [6.45, 7) is 2.18. The molecule has 0 amide bonds. The van der Waals surface area contributed by atoms with Crippen LogP contribution in [0.15, 0.2) is 12.3 Å². The highest BCUT2D eigenvalue weighted by Crippen LogP contribution is 2.42. The van der Waals surface area contributed by atoms with Crippen LogP contribution < -0.4 is 14.2 Å². The van der Waals surface area contributed by atoms with Crippen molar-refractivity contribution in [3.8, 4) is 11.5 Å². The molecule has 2 atom stereocenters.